The van der Waals surface area contributed by atoms with Gasteiger partial charge in [-0.3, -0.25) is 9.69 Å². The Balaban J connectivity index is 1.61. The monoisotopic (exact) mass is 378 g/mol. The minimum Gasteiger partial charge on any atom is -0.350 e. The molecule has 1 aliphatic heterocycles. The molecule has 0 radical (unpaired) electrons. The molecule has 3 aromatic carbocycles. The van der Waals surface area contributed by atoms with Crippen molar-refractivity contribution in [3.8, 4) is 0 Å². The van der Waals surface area contributed by atoms with E-state index in [4.69, 9.17) is 11.6 Å². The lowest BCUT2D eigenvalue weighted by atomic mass is 9.97. The van der Waals surface area contributed by atoms with Crippen LogP contribution in [0.15, 0.2) is 66.7 Å². The van der Waals surface area contributed by atoms with Crippen molar-refractivity contribution in [2.24, 2.45) is 0 Å². The molecule has 0 aliphatic carbocycles. The highest BCUT2D eigenvalue weighted by Crippen LogP contribution is 2.30. The largest absolute Gasteiger partial charge is 0.350 e. The minimum atomic E-state index is -0.0815. The number of amides is 1. The van der Waals surface area contributed by atoms with Gasteiger partial charge in [-0.1, -0.05) is 60.1 Å². The third kappa shape index (κ3) is 4.00. The number of likely N-dealkylation sites (tertiary alicyclic amines) is 1. The highest BCUT2D eigenvalue weighted by atomic mass is 35.5. The molecule has 0 saturated carbocycles. The fourth-order valence-corrected chi connectivity index (χ4v) is 4.14. The van der Waals surface area contributed by atoms with Crippen LogP contribution in [-0.2, 0) is 0 Å². The number of carbonyl (C=O) groups is 1. The molecular weight excluding hydrogens is 356 g/mol. The molecule has 1 atom stereocenters. The summed E-state index contributed by atoms with van der Waals surface area (Å²) in [6, 6.07) is 22.2. The fraction of sp³-hybridized carbons (Fsp3) is 0.261. The first-order valence-corrected chi connectivity index (χ1v) is 9.85. The molecule has 138 valence electrons. The summed E-state index contributed by atoms with van der Waals surface area (Å²) in [7, 11) is 0. The Bertz CT molecular complexity index is 945. The van der Waals surface area contributed by atoms with Crippen molar-refractivity contribution in [2.75, 3.05) is 19.6 Å². The molecule has 27 heavy (non-hydrogen) atoms. The Morgan fingerprint density at radius 3 is 2.56 bits per heavy atom. The van der Waals surface area contributed by atoms with Crippen LogP contribution in [0.1, 0.15) is 34.8 Å². The molecule has 1 fully saturated rings. The van der Waals surface area contributed by atoms with Gasteiger partial charge in [0.15, 0.2) is 0 Å². The maximum Gasteiger partial charge on any atom is 0.251 e. The molecule has 0 aromatic heterocycles. The molecular formula is C23H23ClN2O. The van der Waals surface area contributed by atoms with Gasteiger partial charge in [0, 0.05) is 17.1 Å². The van der Waals surface area contributed by atoms with E-state index < -0.39 is 0 Å². The third-order valence-corrected chi connectivity index (χ3v) is 5.54. The average Bonchev–Trinajstić information content (AvgIpc) is 3.22. The Morgan fingerprint density at radius 1 is 1.00 bits per heavy atom. The van der Waals surface area contributed by atoms with Crippen molar-refractivity contribution in [3.05, 3.63) is 82.9 Å². The topological polar surface area (TPSA) is 32.3 Å². The Kier molecular flexibility index (Phi) is 5.42. The summed E-state index contributed by atoms with van der Waals surface area (Å²) in [5.41, 5.74) is 1.88. The number of hydrogen-bond donors (Lipinski definition) is 1. The Hall–Kier alpha value is -2.36. The van der Waals surface area contributed by atoms with Gasteiger partial charge in [0.1, 0.15) is 0 Å². The van der Waals surface area contributed by atoms with Gasteiger partial charge >= 0.3 is 0 Å². The van der Waals surface area contributed by atoms with E-state index in [0.717, 1.165) is 13.1 Å². The zero-order valence-corrected chi connectivity index (χ0v) is 16.0. The maximum atomic E-state index is 12.6. The van der Waals surface area contributed by atoms with Gasteiger partial charge in [0.2, 0.25) is 0 Å². The van der Waals surface area contributed by atoms with E-state index in [-0.39, 0.29) is 11.9 Å². The summed E-state index contributed by atoms with van der Waals surface area (Å²) >= 11 is 6.03. The quantitative estimate of drug-likeness (QED) is 0.673. The number of halogens is 1. The van der Waals surface area contributed by atoms with Gasteiger partial charge in [-0.25, -0.2) is 0 Å². The number of hydrogen-bond acceptors (Lipinski definition) is 2. The molecule has 4 heteroatoms. The first-order chi connectivity index (χ1) is 13.2. The van der Waals surface area contributed by atoms with Crippen LogP contribution < -0.4 is 5.32 Å². The van der Waals surface area contributed by atoms with Crippen molar-refractivity contribution in [2.45, 2.75) is 18.9 Å². The molecule has 0 bridgehead atoms. The molecule has 1 aliphatic rings. The molecule has 3 nitrogen and oxygen atoms in total. The molecule has 4 rings (SSSR count). The molecule has 1 N–H and O–H groups in total. The number of carbonyl (C=O) groups excluding carboxylic acids is 1. The van der Waals surface area contributed by atoms with Crippen LogP contribution in [0.5, 0.6) is 0 Å². The summed E-state index contributed by atoms with van der Waals surface area (Å²) in [4.78, 5) is 15.1. The first-order valence-electron chi connectivity index (χ1n) is 9.48. The van der Waals surface area contributed by atoms with Crippen LogP contribution in [0, 0.1) is 0 Å². The number of nitrogens with one attached hydrogen (secondary N) is 1. The van der Waals surface area contributed by atoms with E-state index in [1.807, 2.05) is 0 Å². The maximum absolute atomic E-state index is 12.6. The predicted molar refractivity (Wildman–Crippen MR) is 111 cm³/mol. The minimum absolute atomic E-state index is 0.0815. The average molecular weight is 379 g/mol. The van der Waals surface area contributed by atoms with Gasteiger partial charge in [0.25, 0.3) is 5.91 Å². The molecule has 1 amide bonds. The van der Waals surface area contributed by atoms with E-state index in [1.54, 1.807) is 24.3 Å². The highest BCUT2D eigenvalue weighted by molar-refractivity contribution is 6.30. The third-order valence-electron chi connectivity index (χ3n) is 5.31. The molecule has 1 heterocycles. The van der Waals surface area contributed by atoms with Crippen molar-refractivity contribution >= 4 is 28.3 Å². The lowest BCUT2D eigenvalue weighted by molar-refractivity contribution is 0.0938. The normalized spacial score (nSPS) is 15.7. The lowest BCUT2D eigenvalue weighted by Gasteiger charge is -2.29. The van der Waals surface area contributed by atoms with Crippen molar-refractivity contribution in [1.29, 1.82) is 0 Å². The van der Waals surface area contributed by atoms with Crippen LogP contribution in [0.3, 0.4) is 0 Å². The van der Waals surface area contributed by atoms with Gasteiger partial charge < -0.3 is 5.32 Å². The zero-order valence-electron chi connectivity index (χ0n) is 15.2. The summed E-state index contributed by atoms with van der Waals surface area (Å²) < 4.78 is 0. The number of rotatable bonds is 5. The number of benzene rings is 3. The van der Waals surface area contributed by atoms with Gasteiger partial charge in [-0.15, -0.1) is 0 Å². The number of fused-ring (bicyclic) bond motifs is 1. The summed E-state index contributed by atoms with van der Waals surface area (Å²) in [6.45, 7) is 2.72. The second-order valence-electron chi connectivity index (χ2n) is 7.05. The second-order valence-corrected chi connectivity index (χ2v) is 7.48. The van der Waals surface area contributed by atoms with E-state index in [9.17, 15) is 4.79 Å². The predicted octanol–water partition coefficient (Wildman–Crippen LogP) is 5.06. The van der Waals surface area contributed by atoms with Gasteiger partial charge in [0.05, 0.1) is 6.04 Å². The SMILES string of the molecule is O=C(NC[C@@H](c1cccc2ccccc12)N1CCCC1)c1cccc(Cl)c1. The summed E-state index contributed by atoms with van der Waals surface area (Å²) in [5, 5.41) is 6.20. The first kappa shape index (κ1) is 18.0. The van der Waals surface area contributed by atoms with Gasteiger partial charge in [-0.05, 0) is 60.5 Å². The molecule has 0 unspecified atom stereocenters. The summed E-state index contributed by atoms with van der Waals surface area (Å²) in [6.07, 6.45) is 2.42. The van der Waals surface area contributed by atoms with Crippen LogP contribution >= 0.6 is 11.6 Å². The smallest absolute Gasteiger partial charge is 0.251 e. The standard InChI is InChI=1S/C23H23ClN2O/c24-19-10-5-9-18(15-19)23(27)25-16-22(26-13-3-4-14-26)21-12-6-8-17-7-1-2-11-20(17)21/h1-2,5-12,15,22H,3-4,13-14,16H2,(H,25,27)/t22-/m0/s1. The van der Waals surface area contributed by atoms with E-state index in [1.165, 1.54) is 29.2 Å². The van der Waals surface area contributed by atoms with Crippen molar-refractivity contribution in [1.82, 2.24) is 10.2 Å². The van der Waals surface area contributed by atoms with Crippen LogP contribution in [-0.4, -0.2) is 30.4 Å². The van der Waals surface area contributed by atoms with Crippen LogP contribution in [0.4, 0.5) is 0 Å². The van der Waals surface area contributed by atoms with Crippen LogP contribution in [0.25, 0.3) is 10.8 Å². The van der Waals surface area contributed by atoms with Gasteiger partial charge in [-0.2, -0.15) is 0 Å². The Morgan fingerprint density at radius 2 is 1.74 bits per heavy atom. The molecule has 3 aromatic rings. The second kappa shape index (κ2) is 8.12. The highest BCUT2D eigenvalue weighted by Gasteiger charge is 2.25. The fourth-order valence-electron chi connectivity index (χ4n) is 3.95. The van der Waals surface area contributed by atoms with Crippen molar-refractivity contribution in [3.63, 3.8) is 0 Å². The van der Waals surface area contributed by atoms with Crippen LogP contribution in [0.2, 0.25) is 5.02 Å². The lowest BCUT2D eigenvalue weighted by Crippen LogP contribution is -2.36. The van der Waals surface area contributed by atoms with E-state index in [0.29, 0.717) is 17.1 Å². The van der Waals surface area contributed by atoms with Crippen molar-refractivity contribution < 1.29 is 4.79 Å². The van der Waals surface area contributed by atoms with E-state index in [2.05, 4.69) is 52.7 Å². The number of nitrogens with zero attached hydrogens (tertiary/aromatic N) is 1. The molecule has 0 spiro atoms. The zero-order chi connectivity index (χ0) is 18.6. The molecule has 1 saturated heterocycles. The van der Waals surface area contributed by atoms with E-state index >= 15 is 0 Å². The summed E-state index contributed by atoms with van der Waals surface area (Å²) in [5.74, 6) is -0.0815. The Labute approximate surface area is 164 Å².